The van der Waals surface area contributed by atoms with Crippen LogP contribution >= 0.6 is 11.6 Å². The smallest absolute Gasteiger partial charge is 0.241 e. The molecule has 0 radical (unpaired) electrons. The zero-order valence-corrected chi connectivity index (χ0v) is 13.9. The van der Waals surface area contributed by atoms with E-state index >= 15 is 0 Å². The third-order valence-electron chi connectivity index (χ3n) is 5.45. The first-order chi connectivity index (χ1) is 11.3. The fraction of sp³-hybridized carbons (Fsp3) is 0.588. The van der Waals surface area contributed by atoms with E-state index in [2.05, 4.69) is 16.2 Å². The maximum Gasteiger partial charge on any atom is 0.241 e. The Morgan fingerprint density at radius 2 is 2.09 bits per heavy atom. The van der Waals surface area contributed by atoms with Crippen LogP contribution < -0.4 is 16.2 Å². The van der Waals surface area contributed by atoms with Crippen LogP contribution in [0.15, 0.2) is 24.3 Å². The summed E-state index contributed by atoms with van der Waals surface area (Å²) in [6, 6.07) is 8.25. The van der Waals surface area contributed by atoms with Crippen LogP contribution in [-0.4, -0.2) is 42.5 Å². The molecule has 3 heterocycles. The molecule has 0 aliphatic carbocycles. The number of benzene rings is 1. The van der Waals surface area contributed by atoms with Crippen LogP contribution in [0.25, 0.3) is 0 Å². The van der Waals surface area contributed by atoms with Gasteiger partial charge >= 0.3 is 0 Å². The Labute approximate surface area is 141 Å². The van der Waals surface area contributed by atoms with Crippen molar-refractivity contribution in [3.8, 4) is 0 Å². The van der Waals surface area contributed by atoms with Crippen molar-refractivity contribution >= 4 is 17.5 Å². The number of piperidine rings is 1. The van der Waals surface area contributed by atoms with E-state index in [0.717, 1.165) is 49.5 Å². The quantitative estimate of drug-likeness (QED) is 0.766. The van der Waals surface area contributed by atoms with Gasteiger partial charge in [0.25, 0.3) is 0 Å². The van der Waals surface area contributed by atoms with Gasteiger partial charge in [0, 0.05) is 30.1 Å². The van der Waals surface area contributed by atoms with Gasteiger partial charge in [0.15, 0.2) is 0 Å². The van der Waals surface area contributed by atoms with Crippen LogP contribution in [0.5, 0.6) is 0 Å². The highest BCUT2D eigenvalue weighted by Gasteiger charge is 2.44. The van der Waals surface area contributed by atoms with Crippen molar-refractivity contribution in [1.29, 1.82) is 0 Å². The number of rotatable bonds is 2. The standard InChI is InChI=1S/C17H23ClN4O/c18-13-5-2-1-4-11(13)15-6-3-9-22(15)17(23)16-12-10-19-8-7-14(12)20-21-16/h1-2,4-5,12,14-16,19-21H,3,6-10H2. The Morgan fingerprint density at radius 1 is 1.22 bits per heavy atom. The van der Waals surface area contributed by atoms with E-state index in [4.69, 9.17) is 11.6 Å². The van der Waals surface area contributed by atoms with E-state index in [1.807, 2.05) is 29.2 Å². The Bertz CT molecular complexity index is 596. The van der Waals surface area contributed by atoms with Gasteiger partial charge in [-0.05, 0) is 37.4 Å². The molecule has 4 unspecified atom stereocenters. The average molecular weight is 335 g/mol. The molecule has 124 valence electrons. The van der Waals surface area contributed by atoms with Gasteiger partial charge in [0.05, 0.1) is 6.04 Å². The van der Waals surface area contributed by atoms with Crippen molar-refractivity contribution in [3.05, 3.63) is 34.9 Å². The van der Waals surface area contributed by atoms with E-state index < -0.39 is 0 Å². The summed E-state index contributed by atoms with van der Waals surface area (Å²) in [6.07, 6.45) is 3.09. The van der Waals surface area contributed by atoms with Crippen LogP contribution in [0, 0.1) is 5.92 Å². The number of nitrogens with one attached hydrogen (secondary N) is 3. The topological polar surface area (TPSA) is 56.4 Å². The van der Waals surface area contributed by atoms with Gasteiger partial charge in [-0.2, -0.15) is 0 Å². The first kappa shape index (κ1) is 15.4. The minimum absolute atomic E-state index is 0.105. The van der Waals surface area contributed by atoms with E-state index in [0.29, 0.717) is 12.0 Å². The van der Waals surface area contributed by atoms with Crippen molar-refractivity contribution < 1.29 is 4.79 Å². The second-order valence-corrected chi connectivity index (χ2v) is 7.15. The van der Waals surface area contributed by atoms with Gasteiger partial charge in [-0.3, -0.25) is 10.2 Å². The molecule has 3 fully saturated rings. The lowest BCUT2D eigenvalue weighted by atomic mass is 9.88. The predicted octanol–water partition coefficient (Wildman–Crippen LogP) is 1.46. The summed E-state index contributed by atoms with van der Waals surface area (Å²) < 4.78 is 0. The van der Waals surface area contributed by atoms with Crippen LogP contribution in [0.1, 0.15) is 30.9 Å². The molecular weight excluding hydrogens is 312 g/mol. The molecule has 3 saturated heterocycles. The van der Waals surface area contributed by atoms with E-state index in [9.17, 15) is 4.79 Å². The number of carbonyl (C=O) groups is 1. The van der Waals surface area contributed by atoms with Gasteiger partial charge in [-0.15, -0.1) is 0 Å². The summed E-state index contributed by atoms with van der Waals surface area (Å²) in [7, 11) is 0. The second-order valence-electron chi connectivity index (χ2n) is 6.74. The molecule has 0 aromatic heterocycles. The Morgan fingerprint density at radius 3 is 2.96 bits per heavy atom. The summed E-state index contributed by atoms with van der Waals surface area (Å²) >= 11 is 6.37. The number of carbonyl (C=O) groups excluding carboxylic acids is 1. The van der Waals surface area contributed by atoms with Crippen molar-refractivity contribution in [2.24, 2.45) is 5.92 Å². The van der Waals surface area contributed by atoms with Crippen molar-refractivity contribution in [3.63, 3.8) is 0 Å². The molecule has 0 saturated carbocycles. The molecule has 4 rings (SSSR count). The molecule has 4 atom stereocenters. The van der Waals surface area contributed by atoms with Crippen molar-refractivity contribution in [2.75, 3.05) is 19.6 Å². The SMILES string of the molecule is O=C(C1NNC2CCNCC21)N1CCCC1c1ccccc1Cl. The Kier molecular flexibility index (Phi) is 4.28. The number of amides is 1. The monoisotopic (exact) mass is 334 g/mol. The van der Waals surface area contributed by atoms with Gasteiger partial charge in [-0.25, -0.2) is 5.43 Å². The molecule has 1 aromatic carbocycles. The van der Waals surface area contributed by atoms with E-state index in [-0.39, 0.29) is 18.0 Å². The van der Waals surface area contributed by atoms with E-state index in [1.54, 1.807) is 0 Å². The third kappa shape index (κ3) is 2.76. The summed E-state index contributed by atoms with van der Waals surface area (Å²) in [5, 5.41) is 4.17. The maximum absolute atomic E-state index is 13.2. The molecule has 0 spiro atoms. The molecule has 3 aliphatic heterocycles. The highest BCUT2D eigenvalue weighted by Crippen LogP contribution is 2.37. The lowest BCUT2D eigenvalue weighted by molar-refractivity contribution is -0.135. The largest absolute Gasteiger partial charge is 0.334 e. The zero-order chi connectivity index (χ0) is 15.8. The number of likely N-dealkylation sites (tertiary alicyclic amines) is 1. The lowest BCUT2D eigenvalue weighted by Crippen LogP contribution is -2.50. The third-order valence-corrected chi connectivity index (χ3v) is 5.79. The molecule has 3 N–H and O–H groups in total. The van der Waals surface area contributed by atoms with Crippen LogP contribution in [-0.2, 0) is 4.79 Å². The number of hydrogen-bond donors (Lipinski definition) is 3. The molecule has 5 nitrogen and oxygen atoms in total. The maximum atomic E-state index is 13.2. The Balaban J connectivity index is 1.54. The number of nitrogens with zero attached hydrogens (tertiary/aromatic N) is 1. The molecule has 6 heteroatoms. The first-order valence-corrected chi connectivity index (χ1v) is 8.90. The van der Waals surface area contributed by atoms with Crippen LogP contribution in [0.2, 0.25) is 5.02 Å². The zero-order valence-electron chi connectivity index (χ0n) is 13.1. The van der Waals surface area contributed by atoms with Gasteiger partial charge in [0.2, 0.25) is 5.91 Å². The van der Waals surface area contributed by atoms with Gasteiger partial charge < -0.3 is 10.2 Å². The highest BCUT2D eigenvalue weighted by atomic mass is 35.5. The van der Waals surface area contributed by atoms with Crippen LogP contribution in [0.3, 0.4) is 0 Å². The van der Waals surface area contributed by atoms with Crippen LogP contribution in [0.4, 0.5) is 0 Å². The first-order valence-electron chi connectivity index (χ1n) is 8.52. The number of hydrogen-bond acceptors (Lipinski definition) is 4. The number of fused-ring (bicyclic) bond motifs is 1. The molecular formula is C17H23ClN4O. The number of halogens is 1. The Hall–Kier alpha value is -1.14. The van der Waals surface area contributed by atoms with Crippen molar-refractivity contribution in [1.82, 2.24) is 21.1 Å². The summed E-state index contributed by atoms with van der Waals surface area (Å²) in [5.41, 5.74) is 7.64. The summed E-state index contributed by atoms with van der Waals surface area (Å²) in [4.78, 5) is 15.2. The fourth-order valence-corrected chi connectivity index (χ4v) is 4.50. The molecule has 1 amide bonds. The van der Waals surface area contributed by atoms with Crippen molar-refractivity contribution in [2.45, 2.75) is 37.4 Å². The molecule has 0 bridgehead atoms. The van der Waals surface area contributed by atoms with E-state index in [1.165, 1.54) is 0 Å². The number of hydrazine groups is 1. The predicted molar refractivity (Wildman–Crippen MR) is 90.0 cm³/mol. The van der Waals surface area contributed by atoms with Gasteiger partial charge in [0.1, 0.15) is 6.04 Å². The fourth-order valence-electron chi connectivity index (χ4n) is 4.24. The highest BCUT2D eigenvalue weighted by molar-refractivity contribution is 6.31. The van der Waals surface area contributed by atoms with Gasteiger partial charge in [-0.1, -0.05) is 29.8 Å². The lowest BCUT2D eigenvalue weighted by Gasteiger charge is -2.32. The molecule has 23 heavy (non-hydrogen) atoms. The summed E-state index contributed by atoms with van der Waals surface area (Å²) in [5.74, 6) is 0.528. The molecule has 1 aromatic rings. The minimum atomic E-state index is -0.143. The normalized spacial score (nSPS) is 33.7. The average Bonchev–Trinajstić information content (AvgIpc) is 3.22. The summed E-state index contributed by atoms with van der Waals surface area (Å²) in [6.45, 7) is 2.73. The minimum Gasteiger partial charge on any atom is -0.334 e. The molecule has 3 aliphatic rings. The second kappa shape index (κ2) is 6.40.